The number of hydrogen-bond acceptors (Lipinski definition) is 3. The van der Waals surface area contributed by atoms with Gasteiger partial charge in [0.1, 0.15) is 17.3 Å². The molecule has 3 nitrogen and oxygen atoms in total. The summed E-state index contributed by atoms with van der Waals surface area (Å²) in [6.45, 7) is 11.5. The van der Waals surface area contributed by atoms with Crippen molar-refractivity contribution in [1.82, 2.24) is 0 Å². The molecule has 0 aliphatic heterocycles. The van der Waals surface area contributed by atoms with Crippen molar-refractivity contribution in [1.29, 1.82) is 0 Å². The quantitative estimate of drug-likeness (QED) is 0.209. The summed E-state index contributed by atoms with van der Waals surface area (Å²) in [5, 5.41) is 0. The fraction of sp³-hybridized carbons (Fsp3) is 0.646. The van der Waals surface area contributed by atoms with Crippen LogP contribution in [0.2, 0.25) is 0 Å². The van der Waals surface area contributed by atoms with E-state index in [1.54, 1.807) is 0 Å². The normalized spacial score (nSPS) is 33.9. The predicted octanol–water partition coefficient (Wildman–Crippen LogP) is 11.4. The van der Waals surface area contributed by atoms with Gasteiger partial charge in [0.05, 0.1) is 0 Å². The molecule has 4 saturated carbocycles. The lowest BCUT2D eigenvalue weighted by molar-refractivity contribution is -0.139. The lowest BCUT2D eigenvalue weighted by Gasteiger charge is -2.40. The lowest BCUT2D eigenvalue weighted by atomic mass is 9.63. The second kappa shape index (κ2) is 14.9. The molecule has 4 atom stereocenters. The summed E-state index contributed by atoms with van der Waals surface area (Å²) >= 11 is 0. The monoisotopic (exact) mass is 688 g/mol. The minimum absolute atomic E-state index is 0.00280. The van der Waals surface area contributed by atoms with E-state index in [-0.39, 0.29) is 34.4 Å². The van der Waals surface area contributed by atoms with E-state index in [1.165, 1.54) is 61.6 Å². The highest BCUT2D eigenvalue weighted by Crippen LogP contribution is 2.67. The summed E-state index contributed by atoms with van der Waals surface area (Å²) in [5.74, 6) is 3.14. The molecule has 7 rings (SSSR count). The average Bonchev–Trinajstić information content (AvgIpc) is 3.71. The third kappa shape index (κ3) is 7.66. The molecule has 3 heteroatoms. The first kappa shape index (κ1) is 36.5. The van der Waals surface area contributed by atoms with E-state index in [0.717, 1.165) is 75.2 Å². The van der Waals surface area contributed by atoms with Crippen LogP contribution >= 0.6 is 0 Å². The first-order valence-electron chi connectivity index (χ1n) is 20.9. The molecule has 0 bridgehead atoms. The van der Waals surface area contributed by atoms with Crippen molar-refractivity contribution in [2.45, 2.75) is 148 Å². The van der Waals surface area contributed by atoms with Crippen LogP contribution in [0.15, 0.2) is 66.7 Å². The highest BCUT2D eigenvalue weighted by Gasteiger charge is 2.61. The highest BCUT2D eigenvalue weighted by atomic mass is 16.1. The maximum absolute atomic E-state index is 14.8. The zero-order valence-electron chi connectivity index (χ0n) is 32.0. The van der Waals surface area contributed by atoms with Gasteiger partial charge in [-0.25, -0.2) is 0 Å². The van der Waals surface area contributed by atoms with Crippen LogP contribution in [-0.2, 0) is 32.6 Å². The van der Waals surface area contributed by atoms with Crippen molar-refractivity contribution in [3.05, 3.63) is 83.4 Å². The van der Waals surface area contributed by atoms with Crippen LogP contribution in [0.25, 0.3) is 0 Å². The van der Waals surface area contributed by atoms with E-state index in [4.69, 9.17) is 0 Å². The molecule has 51 heavy (non-hydrogen) atoms. The van der Waals surface area contributed by atoms with Gasteiger partial charge in [0, 0.05) is 36.0 Å². The van der Waals surface area contributed by atoms with E-state index in [0.29, 0.717) is 36.7 Å². The summed E-state index contributed by atoms with van der Waals surface area (Å²) in [6, 6.07) is 19.3. The minimum atomic E-state index is -0.704. The number of fused-ring (bicyclic) bond motifs is 1. The summed E-state index contributed by atoms with van der Waals surface area (Å²) in [6.07, 6.45) is 19.2. The number of allylic oxidation sites excluding steroid dienone is 1. The predicted molar refractivity (Wildman–Crippen MR) is 207 cm³/mol. The standard InChI is InChI=1S/C48H64O3/c1-33(30-47(3)32-48(47,4)41-17-9-6-10-18-41)29-46(2,45(51)38-25-19-35(20-26-38)34-13-7-5-8-14-34)31-44(50)37-23-21-36(22-24-37)42-27-39-15-11-12-16-40(39)28-43(42)49/h6,9-12,15-18,34-38,42H,1,5,7-8,13-14,19-32H2,2-4H3. The van der Waals surface area contributed by atoms with Crippen molar-refractivity contribution in [2.75, 3.05) is 0 Å². The van der Waals surface area contributed by atoms with Gasteiger partial charge in [-0.05, 0) is 122 Å². The second-order valence-corrected chi connectivity index (χ2v) is 19.0. The van der Waals surface area contributed by atoms with Gasteiger partial charge in [-0.1, -0.05) is 120 Å². The van der Waals surface area contributed by atoms with Crippen LogP contribution in [0.3, 0.4) is 0 Å². The Morgan fingerprint density at radius 3 is 2.00 bits per heavy atom. The Hall–Kier alpha value is -2.81. The smallest absolute Gasteiger partial charge is 0.142 e. The van der Waals surface area contributed by atoms with E-state index in [9.17, 15) is 14.4 Å². The number of Topliss-reactive ketones (excluding diaryl/α,β-unsaturated/α-hetero) is 3. The van der Waals surface area contributed by atoms with Crippen molar-refractivity contribution >= 4 is 17.3 Å². The molecule has 5 aliphatic rings. The molecule has 5 aliphatic carbocycles. The molecule has 274 valence electrons. The molecule has 4 fully saturated rings. The number of benzene rings is 2. The Morgan fingerprint density at radius 2 is 1.31 bits per heavy atom. The van der Waals surface area contributed by atoms with E-state index < -0.39 is 5.41 Å². The first-order valence-corrected chi connectivity index (χ1v) is 20.9. The van der Waals surface area contributed by atoms with Gasteiger partial charge >= 0.3 is 0 Å². The van der Waals surface area contributed by atoms with Crippen LogP contribution in [-0.4, -0.2) is 17.3 Å². The van der Waals surface area contributed by atoms with Gasteiger partial charge < -0.3 is 0 Å². The van der Waals surface area contributed by atoms with Crippen LogP contribution in [0.4, 0.5) is 0 Å². The van der Waals surface area contributed by atoms with Crippen LogP contribution in [0, 0.1) is 46.3 Å². The van der Waals surface area contributed by atoms with Gasteiger partial charge in [-0.2, -0.15) is 0 Å². The number of ketones is 3. The Kier molecular flexibility index (Phi) is 10.7. The average molecular weight is 689 g/mol. The Morgan fingerprint density at radius 1 is 0.725 bits per heavy atom. The summed E-state index contributed by atoms with van der Waals surface area (Å²) in [4.78, 5) is 42.2. The van der Waals surface area contributed by atoms with Crippen molar-refractivity contribution in [3.8, 4) is 0 Å². The number of rotatable bonds is 12. The van der Waals surface area contributed by atoms with Crippen molar-refractivity contribution in [2.24, 2.45) is 46.3 Å². The van der Waals surface area contributed by atoms with E-state index in [2.05, 4.69) is 75.9 Å². The molecule has 0 N–H and O–H groups in total. The molecular formula is C48H64O3. The van der Waals surface area contributed by atoms with Crippen molar-refractivity contribution in [3.63, 3.8) is 0 Å². The number of hydrogen-bond donors (Lipinski definition) is 0. The Balaban J connectivity index is 1.01. The van der Waals surface area contributed by atoms with Crippen LogP contribution in [0.5, 0.6) is 0 Å². The molecule has 0 aromatic heterocycles. The zero-order valence-corrected chi connectivity index (χ0v) is 32.0. The number of carbonyl (C=O) groups excluding carboxylic acids is 3. The molecule has 0 amide bonds. The maximum Gasteiger partial charge on any atom is 0.142 e. The van der Waals surface area contributed by atoms with Gasteiger partial charge in [0.15, 0.2) is 0 Å². The van der Waals surface area contributed by atoms with E-state index >= 15 is 0 Å². The number of carbonyl (C=O) groups is 3. The molecule has 0 saturated heterocycles. The summed E-state index contributed by atoms with van der Waals surface area (Å²) < 4.78 is 0. The fourth-order valence-electron chi connectivity index (χ4n) is 12.0. The third-order valence-electron chi connectivity index (χ3n) is 15.4. The van der Waals surface area contributed by atoms with E-state index in [1.807, 2.05) is 6.07 Å². The lowest BCUT2D eigenvalue weighted by Crippen LogP contribution is -2.40. The van der Waals surface area contributed by atoms with Gasteiger partial charge in [-0.3, -0.25) is 14.4 Å². The van der Waals surface area contributed by atoms with Crippen molar-refractivity contribution < 1.29 is 14.4 Å². The first-order chi connectivity index (χ1) is 24.5. The van der Waals surface area contributed by atoms with Crippen LogP contribution < -0.4 is 0 Å². The van der Waals surface area contributed by atoms with Gasteiger partial charge in [-0.15, -0.1) is 0 Å². The second-order valence-electron chi connectivity index (χ2n) is 19.0. The largest absolute Gasteiger partial charge is 0.299 e. The topological polar surface area (TPSA) is 51.2 Å². The molecule has 2 aromatic carbocycles. The Bertz CT molecular complexity index is 1580. The maximum atomic E-state index is 14.8. The molecule has 0 radical (unpaired) electrons. The molecule has 0 spiro atoms. The zero-order chi connectivity index (χ0) is 35.8. The Labute approximate surface area is 308 Å². The third-order valence-corrected chi connectivity index (χ3v) is 15.4. The van der Waals surface area contributed by atoms with Crippen LogP contribution in [0.1, 0.15) is 147 Å². The fourth-order valence-corrected chi connectivity index (χ4v) is 12.0. The molecule has 4 unspecified atom stereocenters. The van der Waals surface area contributed by atoms with Gasteiger partial charge in [0.2, 0.25) is 0 Å². The SMILES string of the molecule is C=C(CC(C)(CC(=O)C1CCC(C2Cc3ccccc3CC2=O)CC1)C(=O)C1CCC(C2CCCCC2)CC1)CC1(C)CC1(C)c1ccccc1. The minimum Gasteiger partial charge on any atom is -0.299 e. The molecular weight excluding hydrogens is 625 g/mol. The summed E-state index contributed by atoms with van der Waals surface area (Å²) in [7, 11) is 0. The summed E-state index contributed by atoms with van der Waals surface area (Å²) in [5.41, 5.74) is 4.57. The van der Waals surface area contributed by atoms with Gasteiger partial charge in [0.25, 0.3) is 0 Å². The molecule has 0 heterocycles. The molecule has 2 aromatic rings. The highest BCUT2D eigenvalue weighted by molar-refractivity contribution is 5.93.